The van der Waals surface area contributed by atoms with Crippen LogP contribution in [0.15, 0.2) is 72.8 Å². The standard InChI is InChI=1S/C24H24N4O/c1-17-7-11-19(12-8-17)25-23(29)15-16-28-22-6-4-3-5-21(22)27-24(28)26-20-13-9-18(2)10-14-20/h3-14H,15-16H2,1-2H3,(H,25,29)(H,26,27). The summed E-state index contributed by atoms with van der Waals surface area (Å²) in [5.41, 5.74) is 6.06. The van der Waals surface area contributed by atoms with E-state index in [1.54, 1.807) is 0 Å². The molecule has 0 unspecified atom stereocenters. The Bertz CT molecular complexity index is 1130. The van der Waals surface area contributed by atoms with E-state index in [0.29, 0.717) is 13.0 Å². The zero-order chi connectivity index (χ0) is 20.2. The molecule has 2 N–H and O–H groups in total. The number of fused-ring (bicyclic) bond motifs is 1. The van der Waals surface area contributed by atoms with Crippen LogP contribution in [0.2, 0.25) is 0 Å². The molecule has 29 heavy (non-hydrogen) atoms. The van der Waals surface area contributed by atoms with Crippen LogP contribution in [0.25, 0.3) is 11.0 Å². The molecule has 4 rings (SSSR count). The van der Waals surface area contributed by atoms with E-state index in [4.69, 9.17) is 4.98 Å². The fraction of sp³-hybridized carbons (Fsp3) is 0.167. The molecule has 0 saturated heterocycles. The van der Waals surface area contributed by atoms with E-state index in [9.17, 15) is 4.79 Å². The molecule has 0 radical (unpaired) electrons. The zero-order valence-electron chi connectivity index (χ0n) is 16.6. The Morgan fingerprint density at radius 2 is 1.48 bits per heavy atom. The number of imidazole rings is 1. The monoisotopic (exact) mass is 384 g/mol. The van der Waals surface area contributed by atoms with E-state index in [-0.39, 0.29) is 5.91 Å². The lowest BCUT2D eigenvalue weighted by Crippen LogP contribution is -2.15. The molecule has 146 valence electrons. The van der Waals surface area contributed by atoms with E-state index in [1.807, 2.05) is 67.6 Å². The van der Waals surface area contributed by atoms with E-state index in [1.165, 1.54) is 11.1 Å². The summed E-state index contributed by atoms with van der Waals surface area (Å²) in [4.78, 5) is 17.2. The number of anilines is 3. The second kappa shape index (κ2) is 8.19. The Morgan fingerprint density at radius 3 is 2.17 bits per heavy atom. The molecule has 1 amide bonds. The fourth-order valence-electron chi connectivity index (χ4n) is 3.24. The molecule has 0 spiro atoms. The normalized spacial score (nSPS) is 10.8. The predicted molar refractivity (Wildman–Crippen MR) is 119 cm³/mol. The van der Waals surface area contributed by atoms with Crippen molar-refractivity contribution in [2.45, 2.75) is 26.8 Å². The highest BCUT2D eigenvalue weighted by Crippen LogP contribution is 2.23. The second-order valence-corrected chi connectivity index (χ2v) is 7.23. The minimum absolute atomic E-state index is 0.0204. The van der Waals surface area contributed by atoms with Crippen LogP contribution in [-0.4, -0.2) is 15.5 Å². The molecule has 0 aliphatic heterocycles. The molecule has 0 aliphatic carbocycles. The number of para-hydroxylation sites is 2. The summed E-state index contributed by atoms with van der Waals surface area (Å²) in [5, 5.41) is 6.35. The number of hydrogen-bond donors (Lipinski definition) is 2. The van der Waals surface area contributed by atoms with Crippen LogP contribution in [0.3, 0.4) is 0 Å². The highest BCUT2D eigenvalue weighted by molar-refractivity contribution is 5.91. The third-order valence-corrected chi connectivity index (χ3v) is 4.86. The lowest BCUT2D eigenvalue weighted by Gasteiger charge is -2.11. The van der Waals surface area contributed by atoms with Gasteiger partial charge in [-0.2, -0.15) is 0 Å². The van der Waals surface area contributed by atoms with Gasteiger partial charge in [-0.3, -0.25) is 4.79 Å². The van der Waals surface area contributed by atoms with Crippen molar-refractivity contribution in [1.82, 2.24) is 9.55 Å². The minimum atomic E-state index is -0.0204. The maximum Gasteiger partial charge on any atom is 0.226 e. The van der Waals surface area contributed by atoms with Gasteiger partial charge in [-0.15, -0.1) is 0 Å². The van der Waals surface area contributed by atoms with Crippen molar-refractivity contribution >= 4 is 34.3 Å². The van der Waals surface area contributed by atoms with E-state index >= 15 is 0 Å². The van der Waals surface area contributed by atoms with Gasteiger partial charge >= 0.3 is 0 Å². The molecular formula is C24H24N4O. The fourth-order valence-corrected chi connectivity index (χ4v) is 3.24. The first kappa shape index (κ1) is 18.7. The maximum atomic E-state index is 12.5. The summed E-state index contributed by atoms with van der Waals surface area (Å²) in [5.74, 6) is 0.714. The van der Waals surface area contributed by atoms with E-state index in [2.05, 4.69) is 34.3 Å². The molecule has 4 aromatic rings. The van der Waals surface area contributed by atoms with Crippen molar-refractivity contribution in [3.8, 4) is 0 Å². The van der Waals surface area contributed by atoms with Crippen LogP contribution in [0.1, 0.15) is 17.5 Å². The summed E-state index contributed by atoms with van der Waals surface area (Å²) in [6, 6.07) is 24.0. The van der Waals surface area contributed by atoms with Gasteiger partial charge in [0.1, 0.15) is 0 Å². The highest BCUT2D eigenvalue weighted by Gasteiger charge is 2.12. The lowest BCUT2D eigenvalue weighted by molar-refractivity contribution is -0.116. The molecule has 0 bridgehead atoms. The number of nitrogens with one attached hydrogen (secondary N) is 2. The van der Waals surface area contributed by atoms with Gasteiger partial charge in [0.15, 0.2) is 0 Å². The van der Waals surface area contributed by atoms with Gasteiger partial charge < -0.3 is 15.2 Å². The molecule has 5 nitrogen and oxygen atoms in total. The van der Waals surface area contributed by atoms with Gasteiger partial charge in [0.25, 0.3) is 0 Å². The van der Waals surface area contributed by atoms with Gasteiger partial charge in [0.2, 0.25) is 11.9 Å². The zero-order valence-corrected chi connectivity index (χ0v) is 16.6. The molecule has 1 heterocycles. The van der Waals surface area contributed by atoms with Crippen molar-refractivity contribution in [3.63, 3.8) is 0 Å². The summed E-state index contributed by atoms with van der Waals surface area (Å²) < 4.78 is 2.06. The molecule has 0 atom stereocenters. The summed E-state index contributed by atoms with van der Waals surface area (Å²) >= 11 is 0. The van der Waals surface area contributed by atoms with Crippen molar-refractivity contribution in [1.29, 1.82) is 0 Å². The number of hydrogen-bond acceptors (Lipinski definition) is 3. The minimum Gasteiger partial charge on any atom is -0.326 e. The van der Waals surface area contributed by atoms with Crippen LogP contribution in [-0.2, 0) is 11.3 Å². The number of nitrogens with zero attached hydrogens (tertiary/aromatic N) is 2. The predicted octanol–water partition coefficient (Wildman–Crippen LogP) is 5.43. The van der Waals surface area contributed by atoms with Crippen molar-refractivity contribution in [3.05, 3.63) is 83.9 Å². The number of carbonyl (C=O) groups is 1. The summed E-state index contributed by atoms with van der Waals surface area (Å²) in [6.45, 7) is 4.62. The van der Waals surface area contributed by atoms with Crippen LogP contribution in [0.4, 0.5) is 17.3 Å². The third-order valence-electron chi connectivity index (χ3n) is 4.86. The van der Waals surface area contributed by atoms with Crippen molar-refractivity contribution in [2.75, 3.05) is 10.6 Å². The summed E-state index contributed by atoms with van der Waals surface area (Å²) in [6.07, 6.45) is 0.358. The first-order valence-corrected chi connectivity index (χ1v) is 9.74. The number of aryl methyl sites for hydroxylation is 3. The Hall–Kier alpha value is -3.60. The lowest BCUT2D eigenvalue weighted by atomic mass is 10.2. The Balaban J connectivity index is 1.53. The first-order chi connectivity index (χ1) is 14.1. The van der Waals surface area contributed by atoms with Crippen LogP contribution >= 0.6 is 0 Å². The van der Waals surface area contributed by atoms with Gasteiger partial charge in [-0.25, -0.2) is 4.98 Å². The molecule has 1 aromatic heterocycles. The van der Waals surface area contributed by atoms with Crippen molar-refractivity contribution < 1.29 is 4.79 Å². The van der Waals surface area contributed by atoms with Crippen molar-refractivity contribution in [2.24, 2.45) is 0 Å². The quantitative estimate of drug-likeness (QED) is 0.466. The smallest absolute Gasteiger partial charge is 0.226 e. The Kier molecular flexibility index (Phi) is 5.29. The topological polar surface area (TPSA) is 59.0 Å². The van der Waals surface area contributed by atoms with Crippen LogP contribution in [0.5, 0.6) is 0 Å². The number of aromatic nitrogens is 2. The van der Waals surface area contributed by atoms with Crippen LogP contribution < -0.4 is 10.6 Å². The SMILES string of the molecule is Cc1ccc(NC(=O)CCn2c(Nc3ccc(C)cc3)nc3ccccc32)cc1. The molecule has 3 aromatic carbocycles. The Labute approximate surface area is 170 Å². The summed E-state index contributed by atoms with van der Waals surface area (Å²) in [7, 11) is 0. The molecule has 0 fully saturated rings. The Morgan fingerprint density at radius 1 is 0.862 bits per heavy atom. The van der Waals surface area contributed by atoms with Gasteiger partial charge in [0, 0.05) is 24.3 Å². The molecule has 0 aliphatic rings. The van der Waals surface area contributed by atoms with Gasteiger partial charge in [0.05, 0.1) is 11.0 Å². The van der Waals surface area contributed by atoms with Gasteiger partial charge in [-0.1, -0.05) is 47.5 Å². The average Bonchev–Trinajstić information content (AvgIpc) is 3.07. The first-order valence-electron chi connectivity index (χ1n) is 9.74. The number of benzene rings is 3. The van der Waals surface area contributed by atoms with Gasteiger partial charge in [-0.05, 0) is 50.2 Å². The maximum absolute atomic E-state index is 12.5. The van der Waals surface area contributed by atoms with Crippen LogP contribution in [0, 0.1) is 13.8 Å². The average molecular weight is 384 g/mol. The molecule has 0 saturated carbocycles. The second-order valence-electron chi connectivity index (χ2n) is 7.23. The molecule has 5 heteroatoms. The number of carbonyl (C=O) groups excluding carboxylic acids is 1. The number of rotatable bonds is 6. The molecular weight excluding hydrogens is 360 g/mol. The van der Waals surface area contributed by atoms with E-state index in [0.717, 1.165) is 28.4 Å². The third kappa shape index (κ3) is 4.46. The number of amides is 1. The largest absolute Gasteiger partial charge is 0.326 e. The highest BCUT2D eigenvalue weighted by atomic mass is 16.1. The van der Waals surface area contributed by atoms with E-state index < -0.39 is 0 Å².